The van der Waals surface area contributed by atoms with E-state index in [-0.39, 0.29) is 24.1 Å². The summed E-state index contributed by atoms with van der Waals surface area (Å²) in [5.41, 5.74) is 1.38. The molecule has 8 heteroatoms. The Morgan fingerprint density at radius 3 is 2.68 bits per heavy atom. The van der Waals surface area contributed by atoms with Crippen LogP contribution in [0.25, 0.3) is 0 Å². The van der Waals surface area contributed by atoms with Crippen molar-refractivity contribution < 1.29 is 19.1 Å². The van der Waals surface area contributed by atoms with Crippen molar-refractivity contribution in [3.05, 3.63) is 34.3 Å². The number of rotatable bonds is 2. The van der Waals surface area contributed by atoms with Crippen molar-refractivity contribution in [1.29, 1.82) is 0 Å². The van der Waals surface area contributed by atoms with E-state index in [2.05, 4.69) is 11.4 Å². The van der Waals surface area contributed by atoms with Gasteiger partial charge in [0.25, 0.3) is 0 Å². The summed E-state index contributed by atoms with van der Waals surface area (Å²) >= 11 is 6.41. The van der Waals surface area contributed by atoms with E-state index in [1.54, 1.807) is 16.8 Å². The van der Waals surface area contributed by atoms with Gasteiger partial charge in [0, 0.05) is 37.6 Å². The molecule has 28 heavy (non-hydrogen) atoms. The fourth-order valence-electron chi connectivity index (χ4n) is 3.53. The normalized spacial score (nSPS) is 23.4. The smallest absolute Gasteiger partial charge is 0.410 e. The van der Waals surface area contributed by atoms with Crippen molar-refractivity contribution in [2.24, 2.45) is 0 Å². The van der Waals surface area contributed by atoms with Gasteiger partial charge in [-0.2, -0.15) is 0 Å². The molecule has 0 saturated carbocycles. The van der Waals surface area contributed by atoms with E-state index in [0.717, 1.165) is 11.1 Å². The highest BCUT2D eigenvalue weighted by Gasteiger charge is 2.33. The molecule has 0 aliphatic carbocycles. The number of halogens is 1. The molecule has 0 radical (unpaired) electrons. The average Bonchev–Trinajstić information content (AvgIpc) is 2.62. The van der Waals surface area contributed by atoms with Crippen molar-refractivity contribution >= 4 is 23.7 Å². The van der Waals surface area contributed by atoms with Gasteiger partial charge in [-0.15, -0.1) is 0 Å². The van der Waals surface area contributed by atoms with Gasteiger partial charge in [-0.05, 0) is 44.0 Å². The molecule has 0 aromatic heterocycles. The molecule has 2 aliphatic rings. The Morgan fingerprint density at radius 2 is 2.00 bits per heavy atom. The molecular weight excluding hydrogens is 382 g/mol. The van der Waals surface area contributed by atoms with Gasteiger partial charge in [-0.25, -0.2) is 9.59 Å². The highest BCUT2D eigenvalue weighted by molar-refractivity contribution is 6.30. The van der Waals surface area contributed by atoms with Crippen LogP contribution in [0.1, 0.15) is 43.9 Å². The van der Waals surface area contributed by atoms with Crippen LogP contribution in [0.15, 0.2) is 18.2 Å². The lowest BCUT2D eigenvalue weighted by molar-refractivity contribution is -0.0331. The first kappa shape index (κ1) is 20.7. The third kappa shape index (κ3) is 4.89. The number of nitrogens with zero attached hydrogens (tertiary/aromatic N) is 2. The molecule has 0 bridgehead atoms. The Morgan fingerprint density at radius 1 is 1.29 bits per heavy atom. The van der Waals surface area contributed by atoms with E-state index >= 15 is 0 Å². The maximum absolute atomic E-state index is 12.7. The van der Waals surface area contributed by atoms with Gasteiger partial charge in [0.15, 0.2) is 0 Å². The molecule has 2 aliphatic heterocycles. The molecule has 3 amide bonds. The van der Waals surface area contributed by atoms with Crippen molar-refractivity contribution in [2.75, 3.05) is 39.9 Å². The highest BCUT2D eigenvalue weighted by Crippen LogP contribution is 2.32. The second kappa shape index (κ2) is 8.17. The highest BCUT2D eigenvalue weighted by atomic mass is 35.5. The first-order valence-electron chi connectivity index (χ1n) is 9.51. The van der Waals surface area contributed by atoms with Gasteiger partial charge in [0.1, 0.15) is 5.60 Å². The lowest BCUT2D eigenvalue weighted by Gasteiger charge is -2.37. The number of amides is 3. The number of hydrogen-bond donors (Lipinski definition) is 1. The Balaban J connectivity index is 1.85. The minimum Gasteiger partial charge on any atom is -0.444 e. The maximum atomic E-state index is 12.7. The van der Waals surface area contributed by atoms with Crippen LogP contribution in [0, 0.1) is 0 Å². The fourth-order valence-corrected chi connectivity index (χ4v) is 3.78. The predicted molar refractivity (Wildman–Crippen MR) is 107 cm³/mol. The van der Waals surface area contributed by atoms with Gasteiger partial charge in [0.05, 0.1) is 19.3 Å². The molecule has 2 atom stereocenters. The molecule has 1 unspecified atom stereocenters. The third-order valence-electron chi connectivity index (χ3n) is 4.90. The first-order chi connectivity index (χ1) is 13.1. The summed E-state index contributed by atoms with van der Waals surface area (Å²) in [5.74, 6) is 0.125. The molecule has 2 fully saturated rings. The number of benzene rings is 1. The second-order valence-corrected chi connectivity index (χ2v) is 8.78. The van der Waals surface area contributed by atoms with Gasteiger partial charge < -0.3 is 19.7 Å². The molecule has 1 aromatic carbocycles. The Hall–Kier alpha value is -1.99. The van der Waals surface area contributed by atoms with Gasteiger partial charge in [0.2, 0.25) is 0 Å². The lowest BCUT2D eigenvalue weighted by atomic mass is 9.93. The minimum atomic E-state index is -0.565. The first-order valence-corrected chi connectivity index (χ1v) is 9.88. The van der Waals surface area contributed by atoms with E-state index in [1.807, 2.05) is 32.9 Å². The molecule has 1 N–H and O–H groups in total. The Bertz CT molecular complexity index is 749. The molecule has 1 aromatic rings. The molecule has 154 valence electrons. The van der Waals surface area contributed by atoms with E-state index in [4.69, 9.17) is 21.1 Å². The quantitative estimate of drug-likeness (QED) is 0.812. The standard InChI is InChI=1S/C20H28ClN3O4/c1-20(2,3)28-19(26)24-5-6-27-12-17(24)14-7-13(8-16(21)9-14)15-10-22-18(25)23(4)11-15/h7-9,15,17H,5-6,10-12H2,1-4H3,(H,22,25)/t15?,17-/m0/s1. The molecule has 2 saturated heterocycles. The molecular formula is C20H28ClN3O4. The number of nitrogens with one attached hydrogen (secondary N) is 1. The Labute approximate surface area is 170 Å². The molecule has 3 rings (SSSR count). The van der Waals surface area contributed by atoms with E-state index in [9.17, 15) is 9.59 Å². The maximum Gasteiger partial charge on any atom is 0.410 e. The summed E-state index contributed by atoms with van der Waals surface area (Å²) in [7, 11) is 1.77. The van der Waals surface area contributed by atoms with Crippen molar-refractivity contribution in [3.8, 4) is 0 Å². The molecule has 7 nitrogen and oxygen atoms in total. The molecule has 2 heterocycles. The average molecular weight is 410 g/mol. The zero-order valence-electron chi connectivity index (χ0n) is 16.8. The van der Waals surface area contributed by atoms with Gasteiger partial charge in [-0.1, -0.05) is 17.7 Å². The Kier molecular flexibility index (Phi) is 6.05. The monoisotopic (exact) mass is 409 g/mol. The van der Waals surface area contributed by atoms with E-state index in [0.29, 0.717) is 37.9 Å². The van der Waals surface area contributed by atoms with E-state index in [1.165, 1.54) is 0 Å². The van der Waals surface area contributed by atoms with Crippen LogP contribution in [-0.2, 0) is 9.47 Å². The largest absolute Gasteiger partial charge is 0.444 e. The van der Waals surface area contributed by atoms with Gasteiger partial charge >= 0.3 is 12.1 Å². The van der Waals surface area contributed by atoms with Crippen LogP contribution in [0.5, 0.6) is 0 Å². The second-order valence-electron chi connectivity index (χ2n) is 8.35. The van der Waals surface area contributed by atoms with E-state index < -0.39 is 5.60 Å². The van der Waals surface area contributed by atoms with Crippen LogP contribution in [-0.4, -0.2) is 67.4 Å². The van der Waals surface area contributed by atoms with Crippen molar-refractivity contribution in [2.45, 2.75) is 38.3 Å². The van der Waals surface area contributed by atoms with Gasteiger partial charge in [-0.3, -0.25) is 4.90 Å². The van der Waals surface area contributed by atoms with Crippen LogP contribution in [0.3, 0.4) is 0 Å². The third-order valence-corrected chi connectivity index (χ3v) is 5.11. The predicted octanol–water partition coefficient (Wildman–Crippen LogP) is 3.39. The van der Waals surface area contributed by atoms with Crippen LogP contribution in [0.2, 0.25) is 5.02 Å². The summed E-state index contributed by atoms with van der Waals surface area (Å²) < 4.78 is 11.2. The number of hydrogen-bond acceptors (Lipinski definition) is 4. The summed E-state index contributed by atoms with van der Waals surface area (Å²) in [6.07, 6.45) is -0.355. The van der Waals surface area contributed by atoms with Crippen LogP contribution < -0.4 is 5.32 Å². The summed E-state index contributed by atoms with van der Waals surface area (Å²) in [4.78, 5) is 27.8. The SMILES string of the molecule is CN1CC(c2cc(Cl)cc([C@@H]3COCCN3C(=O)OC(C)(C)C)c2)CNC1=O. The van der Waals surface area contributed by atoms with Crippen molar-refractivity contribution in [1.82, 2.24) is 15.1 Å². The summed E-state index contributed by atoms with van der Waals surface area (Å²) in [6.45, 7) is 8.05. The van der Waals surface area contributed by atoms with Crippen LogP contribution in [0.4, 0.5) is 9.59 Å². The number of morpholine rings is 1. The number of urea groups is 1. The zero-order chi connectivity index (χ0) is 20.5. The number of carbonyl (C=O) groups is 2. The number of carbonyl (C=O) groups excluding carboxylic acids is 2. The van der Waals surface area contributed by atoms with Crippen LogP contribution >= 0.6 is 11.6 Å². The topological polar surface area (TPSA) is 71.1 Å². The minimum absolute atomic E-state index is 0.0738. The fraction of sp³-hybridized carbons (Fsp3) is 0.600. The summed E-state index contributed by atoms with van der Waals surface area (Å²) in [6, 6.07) is 5.50. The molecule has 0 spiro atoms. The zero-order valence-corrected chi connectivity index (χ0v) is 17.6. The number of ether oxygens (including phenoxy) is 2. The summed E-state index contributed by atoms with van der Waals surface area (Å²) in [5, 5.41) is 3.49. The van der Waals surface area contributed by atoms with Crippen molar-refractivity contribution in [3.63, 3.8) is 0 Å². The lowest BCUT2D eigenvalue weighted by Crippen LogP contribution is -2.48. The number of likely N-dealkylation sites (N-methyl/N-ethyl adjacent to an activating group) is 1.